The Kier molecular flexibility index (Phi) is 4.06. The summed E-state index contributed by atoms with van der Waals surface area (Å²) < 4.78 is 27.3. The predicted molar refractivity (Wildman–Crippen MR) is 58.3 cm³/mol. The van der Waals surface area contributed by atoms with Gasteiger partial charge in [0.15, 0.2) is 0 Å². The minimum Gasteiger partial charge on any atom is -0.315 e. The van der Waals surface area contributed by atoms with Gasteiger partial charge in [-0.3, -0.25) is 4.90 Å². The second kappa shape index (κ2) is 4.74. The van der Waals surface area contributed by atoms with E-state index in [0.717, 1.165) is 13.1 Å². The molecule has 0 aromatic carbocycles. The predicted octanol–water partition coefficient (Wildman–Crippen LogP) is 1.96. The van der Waals surface area contributed by atoms with Gasteiger partial charge in [0.1, 0.15) is 0 Å². The molecule has 0 atom stereocenters. The summed E-state index contributed by atoms with van der Waals surface area (Å²) in [7, 11) is 0. The van der Waals surface area contributed by atoms with Crippen molar-refractivity contribution >= 4 is 0 Å². The largest absolute Gasteiger partial charge is 0.315 e. The van der Waals surface area contributed by atoms with Gasteiger partial charge in [-0.05, 0) is 19.5 Å². The number of halogens is 2. The highest BCUT2D eigenvalue weighted by Crippen LogP contribution is 2.46. The first kappa shape index (κ1) is 12.8. The second-order valence-corrected chi connectivity index (χ2v) is 4.21. The van der Waals surface area contributed by atoms with E-state index in [0.29, 0.717) is 19.5 Å². The van der Waals surface area contributed by atoms with Gasteiger partial charge in [-0.25, -0.2) is 8.78 Å². The van der Waals surface area contributed by atoms with E-state index in [1.165, 1.54) is 0 Å². The molecule has 0 saturated carbocycles. The molecule has 90 valence electrons. The van der Waals surface area contributed by atoms with Crippen molar-refractivity contribution in [3.8, 4) is 0 Å². The summed E-state index contributed by atoms with van der Waals surface area (Å²) in [6.07, 6.45) is 0.640. The van der Waals surface area contributed by atoms with E-state index in [9.17, 15) is 8.78 Å². The minimum absolute atomic E-state index is 0.0504. The van der Waals surface area contributed by atoms with Crippen LogP contribution >= 0.6 is 0 Å². The zero-order valence-corrected chi connectivity index (χ0v) is 9.95. The Hall–Kier alpha value is -0.220. The summed E-state index contributed by atoms with van der Waals surface area (Å²) in [5, 5.41) is 2.96. The molecule has 2 nitrogen and oxygen atoms in total. The average molecular weight is 220 g/mol. The number of hydrogen-bond acceptors (Lipinski definition) is 2. The monoisotopic (exact) mass is 220 g/mol. The zero-order valence-electron chi connectivity index (χ0n) is 9.95. The Labute approximate surface area is 91.0 Å². The van der Waals surface area contributed by atoms with Gasteiger partial charge in [0, 0.05) is 13.1 Å². The zero-order chi connectivity index (χ0) is 11.5. The lowest BCUT2D eigenvalue weighted by atomic mass is 9.70. The molecule has 0 aromatic rings. The summed E-state index contributed by atoms with van der Waals surface area (Å²) in [5.74, 6) is -2.49. The summed E-state index contributed by atoms with van der Waals surface area (Å²) in [6.45, 7) is 8.44. The fraction of sp³-hybridized carbons (Fsp3) is 1.00. The maximum Gasteiger partial charge on any atom is 0.268 e. The van der Waals surface area contributed by atoms with Gasteiger partial charge in [-0.2, -0.15) is 0 Å². The number of likely N-dealkylation sites (tertiary alicyclic amines) is 1. The van der Waals surface area contributed by atoms with E-state index in [2.05, 4.69) is 5.32 Å². The SMILES string of the molecule is CC.CCN1CCC2(CNC2)C(F)(F)C1. The Morgan fingerprint density at radius 1 is 1.27 bits per heavy atom. The molecule has 2 saturated heterocycles. The van der Waals surface area contributed by atoms with Crippen LogP contribution in [0.2, 0.25) is 0 Å². The van der Waals surface area contributed by atoms with Crippen molar-refractivity contribution < 1.29 is 8.78 Å². The number of nitrogens with one attached hydrogen (secondary N) is 1. The normalized spacial score (nSPS) is 27.8. The van der Waals surface area contributed by atoms with Crippen molar-refractivity contribution in [3.63, 3.8) is 0 Å². The molecule has 2 aliphatic rings. The molecule has 15 heavy (non-hydrogen) atoms. The van der Waals surface area contributed by atoms with Crippen LogP contribution in [0.15, 0.2) is 0 Å². The van der Waals surface area contributed by atoms with E-state index in [-0.39, 0.29) is 6.54 Å². The van der Waals surface area contributed by atoms with Crippen LogP contribution < -0.4 is 5.32 Å². The fourth-order valence-corrected chi connectivity index (χ4v) is 2.21. The fourth-order valence-electron chi connectivity index (χ4n) is 2.21. The first-order valence-corrected chi connectivity index (χ1v) is 5.91. The first-order chi connectivity index (χ1) is 7.10. The molecular weight excluding hydrogens is 198 g/mol. The van der Waals surface area contributed by atoms with E-state index in [4.69, 9.17) is 0 Å². The first-order valence-electron chi connectivity index (χ1n) is 5.91. The quantitative estimate of drug-likeness (QED) is 0.726. The Morgan fingerprint density at radius 2 is 1.87 bits per heavy atom. The van der Waals surface area contributed by atoms with Crippen LogP contribution in [0, 0.1) is 5.41 Å². The van der Waals surface area contributed by atoms with Crippen LogP contribution in [0.5, 0.6) is 0 Å². The lowest BCUT2D eigenvalue weighted by Crippen LogP contribution is -2.69. The van der Waals surface area contributed by atoms with Gasteiger partial charge in [-0.15, -0.1) is 0 Å². The van der Waals surface area contributed by atoms with Crippen molar-refractivity contribution in [2.75, 3.05) is 32.7 Å². The molecule has 0 amide bonds. The highest BCUT2D eigenvalue weighted by Gasteiger charge is 2.59. The van der Waals surface area contributed by atoms with Crippen molar-refractivity contribution in [2.24, 2.45) is 5.41 Å². The van der Waals surface area contributed by atoms with E-state index < -0.39 is 11.3 Å². The third-order valence-electron chi connectivity index (χ3n) is 3.48. The minimum atomic E-state index is -2.49. The van der Waals surface area contributed by atoms with Crippen LogP contribution in [-0.2, 0) is 0 Å². The van der Waals surface area contributed by atoms with E-state index in [1.807, 2.05) is 25.7 Å². The van der Waals surface area contributed by atoms with Crippen molar-refractivity contribution in [2.45, 2.75) is 33.1 Å². The van der Waals surface area contributed by atoms with Gasteiger partial charge >= 0.3 is 0 Å². The van der Waals surface area contributed by atoms with Gasteiger partial charge in [0.25, 0.3) is 5.92 Å². The van der Waals surface area contributed by atoms with Gasteiger partial charge < -0.3 is 5.32 Å². The van der Waals surface area contributed by atoms with Crippen molar-refractivity contribution in [1.82, 2.24) is 10.2 Å². The third-order valence-corrected chi connectivity index (χ3v) is 3.48. The lowest BCUT2D eigenvalue weighted by molar-refractivity contribution is -0.187. The van der Waals surface area contributed by atoms with Crippen molar-refractivity contribution in [3.05, 3.63) is 0 Å². The average Bonchev–Trinajstić information content (AvgIpc) is 2.16. The molecule has 4 heteroatoms. The highest BCUT2D eigenvalue weighted by molar-refractivity contribution is 5.06. The Bertz CT molecular complexity index is 203. The summed E-state index contributed by atoms with van der Waals surface area (Å²) >= 11 is 0. The van der Waals surface area contributed by atoms with Crippen LogP contribution in [0.25, 0.3) is 0 Å². The molecule has 0 radical (unpaired) electrons. The maximum absolute atomic E-state index is 13.7. The third kappa shape index (κ3) is 2.16. The molecule has 0 aliphatic carbocycles. The Morgan fingerprint density at radius 3 is 2.20 bits per heavy atom. The number of hydrogen-bond donors (Lipinski definition) is 1. The number of piperidine rings is 1. The summed E-state index contributed by atoms with van der Waals surface area (Å²) in [4.78, 5) is 1.84. The summed E-state index contributed by atoms with van der Waals surface area (Å²) in [6, 6.07) is 0. The molecular formula is C11H22F2N2. The smallest absolute Gasteiger partial charge is 0.268 e. The molecule has 2 fully saturated rings. The van der Waals surface area contributed by atoms with Gasteiger partial charge in [0.2, 0.25) is 0 Å². The molecule has 1 N–H and O–H groups in total. The molecule has 0 bridgehead atoms. The lowest BCUT2D eigenvalue weighted by Gasteiger charge is -2.52. The Balaban J connectivity index is 0.000000531. The number of alkyl halides is 2. The molecule has 0 aromatic heterocycles. The molecule has 2 rings (SSSR count). The van der Waals surface area contributed by atoms with Crippen LogP contribution in [0.1, 0.15) is 27.2 Å². The summed E-state index contributed by atoms with van der Waals surface area (Å²) in [5.41, 5.74) is -0.710. The van der Waals surface area contributed by atoms with Crippen LogP contribution in [-0.4, -0.2) is 43.5 Å². The second-order valence-electron chi connectivity index (χ2n) is 4.21. The highest BCUT2D eigenvalue weighted by atomic mass is 19.3. The molecule has 0 unspecified atom stereocenters. The standard InChI is InChI=1S/C9H16F2N2.C2H6/c1-2-13-4-3-8(5-12-6-8)9(10,11)7-13;1-2/h12H,2-7H2,1H3;1-2H3. The molecule has 1 spiro atoms. The molecule has 2 aliphatic heterocycles. The number of nitrogens with zero attached hydrogens (tertiary/aromatic N) is 1. The number of rotatable bonds is 1. The van der Waals surface area contributed by atoms with Crippen LogP contribution in [0.3, 0.4) is 0 Å². The van der Waals surface area contributed by atoms with E-state index >= 15 is 0 Å². The molecule has 2 heterocycles. The topological polar surface area (TPSA) is 15.3 Å². The van der Waals surface area contributed by atoms with Gasteiger partial charge in [-0.1, -0.05) is 20.8 Å². The maximum atomic E-state index is 13.7. The van der Waals surface area contributed by atoms with E-state index in [1.54, 1.807) is 0 Å². The van der Waals surface area contributed by atoms with Gasteiger partial charge in [0.05, 0.1) is 12.0 Å². The van der Waals surface area contributed by atoms with Crippen molar-refractivity contribution in [1.29, 1.82) is 0 Å². The van der Waals surface area contributed by atoms with Crippen LogP contribution in [0.4, 0.5) is 8.78 Å².